The maximum Gasteiger partial charge on any atom is 0.258 e. The van der Waals surface area contributed by atoms with Crippen molar-refractivity contribution in [1.82, 2.24) is 10.3 Å². The van der Waals surface area contributed by atoms with Gasteiger partial charge in [-0.3, -0.25) is 10.1 Å². The van der Waals surface area contributed by atoms with Crippen LogP contribution in [0.5, 0.6) is 5.75 Å². The van der Waals surface area contributed by atoms with Crippen molar-refractivity contribution in [3.05, 3.63) is 76.8 Å². The Morgan fingerprint density at radius 3 is 2.63 bits per heavy atom. The number of fused-ring (bicyclic) bond motifs is 1. The summed E-state index contributed by atoms with van der Waals surface area (Å²) in [5.41, 5.74) is 3.03. The van der Waals surface area contributed by atoms with Gasteiger partial charge >= 0.3 is 0 Å². The number of thiocarbonyl (C=S) groups is 1. The molecule has 4 rings (SSSR count). The summed E-state index contributed by atoms with van der Waals surface area (Å²) in [4.78, 5) is 17.2. The number of rotatable bonds is 4. The lowest BCUT2D eigenvalue weighted by Crippen LogP contribution is -2.34. The molecule has 0 aliphatic heterocycles. The van der Waals surface area contributed by atoms with Gasteiger partial charge in [0.15, 0.2) is 5.11 Å². The van der Waals surface area contributed by atoms with Gasteiger partial charge in [-0.25, -0.2) is 4.98 Å². The summed E-state index contributed by atoms with van der Waals surface area (Å²) in [6.45, 7) is 0. The monoisotopic (exact) mass is 497 g/mol. The molecule has 0 aliphatic carbocycles. The molecular weight excluding hydrogens is 482 g/mol. The van der Waals surface area contributed by atoms with Gasteiger partial charge in [-0.15, -0.1) is 11.3 Å². The average Bonchev–Trinajstić information content (AvgIpc) is 3.18. The molecule has 0 atom stereocenters. The third-order valence-electron chi connectivity index (χ3n) is 4.33. The molecule has 1 heterocycles. The van der Waals surface area contributed by atoms with Crippen molar-refractivity contribution < 1.29 is 9.53 Å². The van der Waals surface area contributed by atoms with Crippen LogP contribution < -0.4 is 15.4 Å². The number of thiazole rings is 1. The van der Waals surface area contributed by atoms with Gasteiger partial charge in [-0.2, -0.15) is 0 Å². The molecule has 30 heavy (non-hydrogen) atoms. The van der Waals surface area contributed by atoms with Gasteiger partial charge in [0, 0.05) is 10.0 Å². The van der Waals surface area contributed by atoms with Crippen molar-refractivity contribution in [3.63, 3.8) is 0 Å². The molecule has 1 amide bonds. The molecule has 5 nitrogen and oxygen atoms in total. The summed E-state index contributed by atoms with van der Waals surface area (Å²) >= 11 is 10.3. The van der Waals surface area contributed by atoms with E-state index in [1.807, 2.05) is 48.5 Å². The van der Waals surface area contributed by atoms with Gasteiger partial charge in [-0.1, -0.05) is 24.3 Å². The number of benzene rings is 3. The lowest BCUT2D eigenvalue weighted by Gasteiger charge is -2.14. The first-order valence-corrected chi connectivity index (χ1v) is 11.0. The molecule has 3 aromatic carbocycles. The van der Waals surface area contributed by atoms with Crippen molar-refractivity contribution in [2.24, 2.45) is 0 Å². The summed E-state index contributed by atoms with van der Waals surface area (Å²) in [5.74, 6) is 0.304. The van der Waals surface area contributed by atoms with Gasteiger partial charge < -0.3 is 10.1 Å². The van der Waals surface area contributed by atoms with Crippen LogP contribution in [0.2, 0.25) is 0 Å². The molecule has 2 N–H and O–H groups in total. The fraction of sp³-hybridized carbons (Fsp3) is 0.0455. The molecule has 0 unspecified atom stereocenters. The SMILES string of the molecule is COc1ccc(-c2nc3ccccc3s2)cc1NC(=S)NC(=O)c1ccccc1Br. The van der Waals surface area contributed by atoms with E-state index in [1.54, 1.807) is 36.6 Å². The molecular formula is C22H16BrN3O2S2. The predicted octanol–water partition coefficient (Wildman–Crippen LogP) is 5.86. The number of methoxy groups -OCH3 is 1. The molecule has 4 aromatic rings. The minimum absolute atomic E-state index is 0.176. The molecule has 0 spiro atoms. The van der Waals surface area contributed by atoms with E-state index in [2.05, 4.69) is 26.6 Å². The second-order valence-corrected chi connectivity index (χ2v) is 8.58. The third-order valence-corrected chi connectivity index (χ3v) is 6.32. The number of para-hydroxylation sites is 1. The van der Waals surface area contributed by atoms with Gasteiger partial charge in [0.25, 0.3) is 5.91 Å². The second-order valence-electron chi connectivity index (χ2n) is 6.29. The molecule has 0 saturated heterocycles. The Balaban J connectivity index is 1.57. The number of anilines is 1. The van der Waals surface area contributed by atoms with E-state index in [-0.39, 0.29) is 11.0 Å². The maximum atomic E-state index is 12.5. The van der Waals surface area contributed by atoms with Crippen LogP contribution in [-0.4, -0.2) is 23.1 Å². The summed E-state index contributed by atoms with van der Waals surface area (Å²) < 4.78 is 7.26. The lowest BCUT2D eigenvalue weighted by atomic mass is 10.2. The molecule has 150 valence electrons. The van der Waals surface area contributed by atoms with Crippen LogP contribution in [0, 0.1) is 0 Å². The molecule has 0 fully saturated rings. The van der Waals surface area contributed by atoms with Gasteiger partial charge in [0.2, 0.25) is 0 Å². The summed E-state index contributed by atoms with van der Waals surface area (Å²) in [6.07, 6.45) is 0. The number of carbonyl (C=O) groups excluding carboxylic acids is 1. The Labute approximate surface area is 191 Å². The standard InChI is InChI=1S/C22H16BrN3O2S2/c1-28-18-11-10-13(21-24-16-8-4-5-9-19(16)30-21)12-17(18)25-22(29)26-20(27)14-6-2-3-7-15(14)23/h2-12H,1H3,(H2,25,26,27,29). The largest absolute Gasteiger partial charge is 0.495 e. The smallest absolute Gasteiger partial charge is 0.258 e. The number of halogens is 1. The van der Waals surface area contributed by atoms with Crippen molar-refractivity contribution in [2.75, 3.05) is 12.4 Å². The van der Waals surface area contributed by atoms with Crippen LogP contribution in [0.3, 0.4) is 0 Å². The summed E-state index contributed by atoms with van der Waals surface area (Å²) in [7, 11) is 1.58. The first-order chi connectivity index (χ1) is 14.5. The Morgan fingerprint density at radius 1 is 1.10 bits per heavy atom. The topological polar surface area (TPSA) is 63.2 Å². The second kappa shape index (κ2) is 8.91. The number of amides is 1. The molecule has 8 heteroatoms. The van der Waals surface area contributed by atoms with E-state index in [9.17, 15) is 4.79 Å². The fourth-order valence-electron chi connectivity index (χ4n) is 2.90. The number of hydrogen-bond donors (Lipinski definition) is 2. The van der Waals surface area contributed by atoms with E-state index in [1.165, 1.54) is 0 Å². The van der Waals surface area contributed by atoms with Crippen molar-refractivity contribution in [1.29, 1.82) is 0 Å². The Kier molecular flexibility index (Phi) is 6.08. The van der Waals surface area contributed by atoms with Crippen LogP contribution in [0.1, 0.15) is 10.4 Å². The zero-order chi connectivity index (χ0) is 21.1. The highest BCUT2D eigenvalue weighted by Crippen LogP contribution is 2.34. The zero-order valence-electron chi connectivity index (χ0n) is 15.8. The third kappa shape index (κ3) is 4.35. The zero-order valence-corrected chi connectivity index (χ0v) is 19.0. The minimum Gasteiger partial charge on any atom is -0.495 e. The van der Waals surface area contributed by atoms with Gasteiger partial charge in [0.1, 0.15) is 10.8 Å². The normalized spacial score (nSPS) is 10.6. The highest BCUT2D eigenvalue weighted by Gasteiger charge is 2.14. The molecule has 0 aliphatic rings. The Bertz CT molecular complexity index is 1220. The first kappa shape index (κ1) is 20.5. The van der Waals surface area contributed by atoms with Crippen LogP contribution in [0.4, 0.5) is 5.69 Å². The van der Waals surface area contributed by atoms with E-state index in [4.69, 9.17) is 21.9 Å². The highest BCUT2D eigenvalue weighted by atomic mass is 79.9. The minimum atomic E-state index is -0.304. The van der Waals surface area contributed by atoms with E-state index in [0.29, 0.717) is 21.5 Å². The van der Waals surface area contributed by atoms with Crippen LogP contribution >= 0.6 is 39.5 Å². The predicted molar refractivity (Wildman–Crippen MR) is 129 cm³/mol. The summed E-state index contributed by atoms with van der Waals surface area (Å²) in [6, 6.07) is 20.9. The summed E-state index contributed by atoms with van der Waals surface area (Å²) in [5, 5.41) is 6.83. The highest BCUT2D eigenvalue weighted by molar-refractivity contribution is 9.10. The van der Waals surface area contributed by atoms with E-state index < -0.39 is 0 Å². The number of carbonyl (C=O) groups is 1. The van der Waals surface area contributed by atoms with Crippen LogP contribution in [-0.2, 0) is 0 Å². The van der Waals surface area contributed by atoms with E-state index in [0.717, 1.165) is 20.8 Å². The van der Waals surface area contributed by atoms with Crippen molar-refractivity contribution in [2.45, 2.75) is 0 Å². The molecule has 0 bridgehead atoms. The quantitative estimate of drug-likeness (QED) is 0.345. The average molecular weight is 498 g/mol. The van der Waals surface area contributed by atoms with Crippen LogP contribution in [0.25, 0.3) is 20.8 Å². The van der Waals surface area contributed by atoms with Crippen molar-refractivity contribution >= 4 is 66.4 Å². The van der Waals surface area contributed by atoms with Crippen LogP contribution in [0.15, 0.2) is 71.2 Å². The number of hydrogen-bond acceptors (Lipinski definition) is 5. The number of aromatic nitrogens is 1. The number of ether oxygens (including phenoxy) is 1. The van der Waals surface area contributed by atoms with Gasteiger partial charge in [-0.05, 0) is 70.6 Å². The first-order valence-electron chi connectivity index (χ1n) is 8.96. The fourth-order valence-corrected chi connectivity index (χ4v) is 4.53. The Morgan fingerprint density at radius 2 is 1.87 bits per heavy atom. The van der Waals surface area contributed by atoms with E-state index >= 15 is 0 Å². The van der Waals surface area contributed by atoms with Gasteiger partial charge in [0.05, 0.1) is 28.6 Å². The lowest BCUT2D eigenvalue weighted by molar-refractivity contribution is 0.0977. The molecule has 0 saturated carbocycles. The number of nitrogens with one attached hydrogen (secondary N) is 2. The van der Waals surface area contributed by atoms with Crippen molar-refractivity contribution in [3.8, 4) is 16.3 Å². The maximum absolute atomic E-state index is 12.5. The molecule has 0 radical (unpaired) electrons. The Hall–Kier alpha value is -2.81. The number of nitrogens with zero attached hydrogens (tertiary/aromatic N) is 1. The molecule has 1 aromatic heterocycles.